The average molecular weight is 1750 g/mol. The van der Waals surface area contributed by atoms with Crippen molar-refractivity contribution in [1.82, 2.24) is 76.9 Å². The Balaban J connectivity index is -0.000000654. The molecule has 8 N–H and O–H groups in total. The standard InChI is InChI=1S/C15H22N2O3.C14H17N5O2.C11H15N3O4.C9H10N4O.C9H15NO.2C6H7NO2.C6H12NO2.C5H7NO.3CH4.Cu/c1-4-11(18)16-8-10-7-6-9(3)12-13(10)15(20)17(5-2)14(12)19;1-3-15-13(20)10-5-7-11(8-6-10)19-9-12(17-18-19)14(21)16-4-2;1-4-12-9(15)7-6-8(18-13(7)3)11(17)14(5-2)10(6)16;1-2-11-9(14)7-3-5-8(6-4-7)12-13-10;1-3-5-6-7-8-10-9(11)4-2;2*1-2-7-5(8)3-4-6(7)9;1-3-4-6(8)5-7(2)9;1-3-5(7)6-4-2;;;;/h9-10H,4-8H2,1-3H3,(H,16,18);5-9H,3-4H2,1-2H3,(H,15,20)(H,16,21);7H,4-5H2,1-3H3,(H,12,15);3-6H,2H2,1H3,(H,11,14);3,5-7H,4,8H2,1-2H3,(H,10,11);2*3-4H,2H2,1H3;5,9H,3-4H2,1-2H3;1H,4H2,2H3,(H,6,7);3*1H4;/q;;;;;;;+1;;;;;/b;;;;5-3+,7-6+;;;7-5+;;;;;. The number of allylic oxidation sites excluding steroid dienone is 3. The molecule has 0 bridgehead atoms. The molecular weight excluding hydrogens is 1630 g/mol. The van der Waals surface area contributed by atoms with Gasteiger partial charge in [-0.05, 0) is 147 Å². The van der Waals surface area contributed by atoms with Crippen LogP contribution in [-0.2, 0) is 84.2 Å². The van der Waals surface area contributed by atoms with Crippen LogP contribution in [0.4, 0.5) is 5.69 Å². The van der Waals surface area contributed by atoms with Crippen molar-refractivity contribution in [3.63, 3.8) is 0 Å². The summed E-state index contributed by atoms with van der Waals surface area (Å²) in [5.74, 6) is -1.20. The van der Waals surface area contributed by atoms with Gasteiger partial charge in [0.1, 0.15) is 0 Å². The molecule has 1 aliphatic carbocycles. The van der Waals surface area contributed by atoms with Crippen LogP contribution in [0, 0.1) is 24.2 Å². The molecule has 15 amide bonds. The van der Waals surface area contributed by atoms with E-state index in [9.17, 15) is 76.7 Å². The molecule has 3 aromatic rings. The molecule has 9 rings (SSSR count). The molecule has 1 aromatic heterocycles. The van der Waals surface area contributed by atoms with Gasteiger partial charge in [-0.25, -0.2) is 4.68 Å². The number of likely N-dealkylation sites (N-methyl/N-ethyl adjacent to an activating group) is 6. The smallest absolute Gasteiger partial charge is 0.299 e. The molecule has 3 atom stereocenters. The number of hydrogen-bond acceptors (Lipinski definition) is 22. The second-order valence-electron chi connectivity index (χ2n) is 25.0. The number of terminal acetylenes is 1. The SMILES string of the molecule is C.C.C.C#CC(=O)NCC.C/C=C/C=C/CNC(=O)CC.CCC(=O)NCC1CCC(C)C2=C1C(=O)N(CC)C2=O.CCCC(=O)/C=[N+](\C)O.CCN1C(=O)C=CC1=O.CCN1C(=O)C=CC1=O.CCNC(=O)C1C2=C(ON1C)C(=O)N(CC)C2=O.CCNC(=O)c1ccc(-n2cc(C(=O)NCC)nn2)cc1.CCNC(=O)c1ccc(N=[N+]=[N-])cc1.[Cu]. The number of imide groups is 4. The van der Waals surface area contributed by atoms with Gasteiger partial charge in [-0.2, -0.15) is 0 Å². The maximum atomic E-state index is 12.4. The Hall–Kier alpha value is -12.8. The Morgan fingerprint density at radius 1 is 0.607 bits per heavy atom. The number of benzene rings is 2. The predicted molar refractivity (Wildman–Crippen MR) is 458 cm³/mol. The fourth-order valence-electron chi connectivity index (χ4n) is 10.8. The Kier molecular flexibility index (Phi) is 59.8. The number of Topliss-reactive ketones (excluding diaryl/α,β-unsaturated/α-hetero) is 1. The van der Waals surface area contributed by atoms with E-state index < -0.39 is 17.9 Å². The molecular formula is C84H124CuN19O18+. The molecule has 37 nitrogen and oxygen atoms in total. The van der Waals surface area contributed by atoms with Gasteiger partial charge in [-0.1, -0.05) is 96.7 Å². The summed E-state index contributed by atoms with van der Waals surface area (Å²) >= 11 is 0. The summed E-state index contributed by atoms with van der Waals surface area (Å²) in [7, 11) is 2.93. The van der Waals surface area contributed by atoms with Gasteiger partial charge in [-0.3, -0.25) is 102 Å². The normalized spacial score (nSPS) is 15.4. The molecule has 0 spiro atoms. The molecule has 6 aliphatic rings. The minimum atomic E-state index is -0.854. The number of hydroxylamine groups is 3. The number of rotatable bonds is 25. The minimum absolute atomic E-state index is 0. The van der Waals surface area contributed by atoms with Gasteiger partial charge in [0.05, 0.1) is 17.5 Å². The second kappa shape index (κ2) is 63.2. The Bertz CT molecular complexity index is 4260. The number of aromatic nitrogens is 3. The van der Waals surface area contributed by atoms with Gasteiger partial charge < -0.3 is 42.1 Å². The van der Waals surface area contributed by atoms with Crippen LogP contribution in [0.15, 0.2) is 131 Å². The first-order valence-electron chi connectivity index (χ1n) is 38.6. The molecule has 38 heteroatoms. The van der Waals surface area contributed by atoms with E-state index in [0.717, 1.165) is 34.6 Å². The zero-order valence-electron chi connectivity index (χ0n) is 70.3. The van der Waals surface area contributed by atoms with Crippen LogP contribution in [0.3, 0.4) is 0 Å². The predicted octanol–water partition coefficient (Wildman–Crippen LogP) is 7.03. The van der Waals surface area contributed by atoms with E-state index in [0.29, 0.717) is 113 Å². The summed E-state index contributed by atoms with van der Waals surface area (Å²) in [6.07, 6.45) is 24.3. The quantitative estimate of drug-likeness (QED) is 0.00361. The van der Waals surface area contributed by atoms with Crippen molar-refractivity contribution in [3.8, 4) is 18.0 Å². The van der Waals surface area contributed by atoms with E-state index >= 15 is 0 Å². The topological polar surface area (TPSA) is 485 Å². The molecule has 1 radical (unpaired) electrons. The monoisotopic (exact) mass is 1750 g/mol. The van der Waals surface area contributed by atoms with Crippen LogP contribution in [0.2, 0.25) is 0 Å². The Labute approximate surface area is 726 Å². The first-order chi connectivity index (χ1) is 56.2. The van der Waals surface area contributed by atoms with Crippen molar-refractivity contribution in [2.75, 3.05) is 86.1 Å². The molecule has 6 heterocycles. The van der Waals surface area contributed by atoms with Gasteiger partial charge >= 0.3 is 0 Å². The number of carbonyl (C=O) groups excluding carboxylic acids is 16. The third-order valence-electron chi connectivity index (χ3n) is 16.5. The van der Waals surface area contributed by atoms with E-state index in [1.807, 2.05) is 92.5 Å². The fourth-order valence-corrected chi connectivity index (χ4v) is 10.8. The summed E-state index contributed by atoms with van der Waals surface area (Å²) < 4.78 is 2.27. The van der Waals surface area contributed by atoms with Crippen molar-refractivity contribution in [1.29, 1.82) is 0 Å². The summed E-state index contributed by atoms with van der Waals surface area (Å²) in [6.45, 7) is 31.1. The zero-order valence-corrected chi connectivity index (χ0v) is 71.2. The van der Waals surface area contributed by atoms with Crippen LogP contribution in [0.25, 0.3) is 16.1 Å². The number of hydrogen-bond donors (Lipinski definition) is 8. The number of carbonyl (C=O) groups is 16. The van der Waals surface area contributed by atoms with Crippen LogP contribution in [-0.4, -0.2) is 242 Å². The van der Waals surface area contributed by atoms with E-state index in [1.165, 1.54) is 69.1 Å². The fraction of sp³-hybridized carbons (Fsp3) is 0.464. The summed E-state index contributed by atoms with van der Waals surface area (Å²) in [5, 5.41) is 39.5. The van der Waals surface area contributed by atoms with Gasteiger partial charge in [0, 0.05) is 178 Å². The number of ketones is 1. The Morgan fingerprint density at radius 3 is 1.48 bits per heavy atom. The largest absolute Gasteiger partial charge is 0.399 e. The number of nitrogens with one attached hydrogen (secondary N) is 7. The third kappa shape index (κ3) is 38.0. The van der Waals surface area contributed by atoms with Gasteiger partial charge in [0.15, 0.2) is 18.8 Å². The zero-order chi connectivity index (χ0) is 89.1. The second-order valence-corrected chi connectivity index (χ2v) is 25.0. The van der Waals surface area contributed by atoms with Crippen LogP contribution < -0.4 is 37.2 Å². The third-order valence-corrected chi connectivity index (χ3v) is 16.5. The maximum Gasteiger partial charge on any atom is 0.299 e. The molecule has 673 valence electrons. The molecule has 122 heavy (non-hydrogen) atoms. The summed E-state index contributed by atoms with van der Waals surface area (Å²) in [6, 6.07) is 12.5. The van der Waals surface area contributed by atoms with E-state index in [4.69, 9.17) is 22.0 Å². The van der Waals surface area contributed by atoms with Crippen molar-refractivity contribution in [3.05, 3.63) is 153 Å². The number of azide groups is 1. The van der Waals surface area contributed by atoms with Gasteiger partial charge in [0.25, 0.3) is 77.1 Å². The first-order valence-corrected chi connectivity index (χ1v) is 38.6. The first kappa shape index (κ1) is 115. The van der Waals surface area contributed by atoms with E-state index in [1.54, 1.807) is 89.3 Å². The van der Waals surface area contributed by atoms with Crippen LogP contribution >= 0.6 is 0 Å². The van der Waals surface area contributed by atoms with E-state index in [2.05, 4.69) is 57.6 Å². The summed E-state index contributed by atoms with van der Waals surface area (Å²) in [4.78, 5) is 193. The number of nitrogens with zero attached hydrogens (tertiary/aromatic N) is 12. The average Bonchev–Trinajstić information content (AvgIpc) is 1.59. The van der Waals surface area contributed by atoms with Crippen LogP contribution in [0.1, 0.15) is 189 Å². The maximum absolute atomic E-state index is 12.4. The summed E-state index contributed by atoms with van der Waals surface area (Å²) in [5.41, 5.74) is 12.2. The van der Waals surface area contributed by atoms with Crippen molar-refractivity contribution >= 4 is 106 Å². The number of amides is 15. The molecule has 3 unspecified atom stereocenters. The Morgan fingerprint density at radius 2 is 1.06 bits per heavy atom. The van der Waals surface area contributed by atoms with Crippen molar-refractivity contribution < 1.29 is 109 Å². The minimum Gasteiger partial charge on any atom is -0.399 e. The van der Waals surface area contributed by atoms with Gasteiger partial charge in [0.2, 0.25) is 29.3 Å². The molecule has 0 saturated heterocycles. The van der Waals surface area contributed by atoms with E-state index in [-0.39, 0.29) is 157 Å². The molecule has 0 saturated carbocycles. The van der Waals surface area contributed by atoms with Gasteiger partial charge in [-0.15, -0.1) is 16.6 Å². The molecule has 2 aromatic carbocycles. The van der Waals surface area contributed by atoms with Crippen molar-refractivity contribution in [2.45, 2.75) is 164 Å². The van der Waals surface area contributed by atoms with Crippen LogP contribution in [0.5, 0.6) is 0 Å². The van der Waals surface area contributed by atoms with Crippen molar-refractivity contribution in [2.24, 2.45) is 17.0 Å². The molecule has 5 aliphatic heterocycles. The molecule has 0 fully saturated rings.